The highest BCUT2D eigenvalue weighted by molar-refractivity contribution is 14.1. The fourth-order valence-corrected chi connectivity index (χ4v) is 5.74. The number of methoxy groups -OCH3 is 1. The van der Waals surface area contributed by atoms with E-state index >= 15 is 0 Å². The molecule has 0 saturated heterocycles. The number of alkyl halides is 4. The third kappa shape index (κ3) is 7.95. The molecular formula is C35H25F4IN8O3. The summed E-state index contributed by atoms with van der Waals surface area (Å²) in [6, 6.07) is 35.4. The van der Waals surface area contributed by atoms with E-state index in [1.807, 2.05) is 72.8 Å². The third-order valence-corrected chi connectivity index (χ3v) is 8.18. The number of ether oxygens (including phenoxy) is 3. The van der Waals surface area contributed by atoms with Crippen molar-refractivity contribution < 1.29 is 31.8 Å². The second-order valence-corrected chi connectivity index (χ2v) is 11.4. The molecule has 11 nitrogen and oxygen atoms in total. The minimum Gasteiger partial charge on any atom is -0.496 e. The summed E-state index contributed by atoms with van der Waals surface area (Å²) in [5, 5.41) is 23.5. The molecule has 0 radical (unpaired) electrons. The van der Waals surface area contributed by atoms with E-state index in [1.54, 1.807) is 43.5 Å². The Hall–Kier alpha value is -5.91. The maximum absolute atomic E-state index is 12.8. The van der Waals surface area contributed by atoms with Crippen LogP contribution in [0.15, 0.2) is 121 Å². The topological polar surface area (TPSA) is 115 Å². The van der Waals surface area contributed by atoms with E-state index < -0.39 is 13.2 Å². The summed E-state index contributed by atoms with van der Waals surface area (Å²) >= 11 is 2.17. The molecule has 258 valence electrons. The molecule has 0 spiro atoms. The molecule has 16 heteroatoms. The number of hydrogen-bond acceptors (Lipinski definition) is 9. The second kappa shape index (κ2) is 16.2. The van der Waals surface area contributed by atoms with Crippen molar-refractivity contribution in [1.29, 1.82) is 0 Å². The molecule has 0 atom stereocenters. The van der Waals surface area contributed by atoms with Gasteiger partial charge in [0.25, 0.3) is 0 Å². The van der Waals surface area contributed by atoms with Crippen LogP contribution in [0.3, 0.4) is 0 Å². The highest BCUT2D eigenvalue weighted by Gasteiger charge is 2.21. The average molecular weight is 809 g/mol. The third-order valence-electron chi connectivity index (χ3n) is 7.24. The van der Waals surface area contributed by atoms with Crippen LogP contribution in [0.4, 0.5) is 17.6 Å². The number of nitrogens with zero attached hydrogens (tertiary/aromatic N) is 8. The summed E-state index contributed by atoms with van der Waals surface area (Å²) in [5.41, 5.74) is 3.88. The van der Waals surface area contributed by atoms with Crippen molar-refractivity contribution in [3.05, 3.63) is 125 Å². The van der Waals surface area contributed by atoms with Gasteiger partial charge in [0, 0.05) is 20.3 Å². The van der Waals surface area contributed by atoms with E-state index in [2.05, 4.69) is 63.1 Å². The monoisotopic (exact) mass is 808 g/mol. The Labute approximate surface area is 301 Å². The van der Waals surface area contributed by atoms with Crippen molar-refractivity contribution in [2.75, 3.05) is 7.11 Å². The number of tetrazole rings is 2. The van der Waals surface area contributed by atoms with Gasteiger partial charge >= 0.3 is 13.2 Å². The smallest absolute Gasteiger partial charge is 0.387 e. The lowest BCUT2D eigenvalue weighted by atomic mass is 9.98. The highest BCUT2D eigenvalue weighted by Crippen LogP contribution is 2.37. The van der Waals surface area contributed by atoms with Crippen LogP contribution in [0.2, 0.25) is 0 Å². The normalized spacial score (nSPS) is 10.9. The van der Waals surface area contributed by atoms with E-state index in [-0.39, 0.29) is 11.5 Å². The lowest BCUT2D eigenvalue weighted by Crippen LogP contribution is -2.08. The van der Waals surface area contributed by atoms with E-state index in [1.165, 1.54) is 21.5 Å². The molecule has 0 N–H and O–H groups in total. The molecule has 0 aliphatic rings. The molecular weight excluding hydrogens is 783 g/mol. The number of aromatic nitrogens is 8. The van der Waals surface area contributed by atoms with Crippen molar-refractivity contribution in [2.45, 2.75) is 13.2 Å². The summed E-state index contributed by atoms with van der Waals surface area (Å²) in [6.07, 6.45) is 0. The van der Waals surface area contributed by atoms with Crippen LogP contribution in [-0.2, 0) is 0 Å². The van der Waals surface area contributed by atoms with Gasteiger partial charge < -0.3 is 14.2 Å². The Bertz CT molecular complexity index is 2230. The maximum Gasteiger partial charge on any atom is 0.387 e. The van der Waals surface area contributed by atoms with Gasteiger partial charge in [-0.1, -0.05) is 84.9 Å². The number of halogens is 5. The van der Waals surface area contributed by atoms with E-state index in [0.29, 0.717) is 34.3 Å². The Morgan fingerprint density at radius 3 is 1.43 bits per heavy atom. The van der Waals surface area contributed by atoms with Crippen molar-refractivity contribution in [3.8, 4) is 62.5 Å². The molecule has 7 rings (SSSR count). The van der Waals surface area contributed by atoms with E-state index in [4.69, 9.17) is 4.74 Å². The van der Waals surface area contributed by atoms with Crippen molar-refractivity contribution in [3.63, 3.8) is 0 Å². The molecule has 51 heavy (non-hydrogen) atoms. The molecule has 0 aliphatic heterocycles. The van der Waals surface area contributed by atoms with Crippen LogP contribution >= 0.6 is 22.6 Å². The van der Waals surface area contributed by atoms with Crippen molar-refractivity contribution in [1.82, 2.24) is 40.4 Å². The molecule has 0 fully saturated rings. The van der Waals surface area contributed by atoms with Crippen LogP contribution in [0.1, 0.15) is 0 Å². The summed E-state index contributed by atoms with van der Waals surface area (Å²) in [4.78, 5) is 0. The summed E-state index contributed by atoms with van der Waals surface area (Å²) in [7, 11) is 1.60. The van der Waals surface area contributed by atoms with Gasteiger partial charge in [-0.25, -0.2) is 0 Å². The summed E-state index contributed by atoms with van der Waals surface area (Å²) in [6.45, 7) is -5.88. The van der Waals surface area contributed by atoms with Gasteiger partial charge in [-0.2, -0.15) is 26.9 Å². The van der Waals surface area contributed by atoms with Gasteiger partial charge in [-0.15, -0.1) is 10.2 Å². The lowest BCUT2D eigenvalue weighted by molar-refractivity contribution is -0.0505. The molecule has 0 aliphatic carbocycles. The largest absolute Gasteiger partial charge is 0.496 e. The Kier molecular flexibility index (Phi) is 11.1. The van der Waals surface area contributed by atoms with Crippen LogP contribution in [0, 0.1) is 3.57 Å². The molecule has 0 bridgehead atoms. The standard InChI is InChI=1S/C21H16F2N4O2.C14H9F2IN4O/c1-28-18-12-6-4-9-15(18)14-8-2-3-10-16(14)20-24-25-26-27(20)17-11-5-7-13-19(17)29-21(22)23;15-14(16)22-12-8-4-3-7-11(12)21-13(18-19-20-21)9-5-1-2-6-10(9)17/h2-13,21H,1H3;1-8,14H. The molecule has 0 saturated carbocycles. The SMILES string of the molecule is COc1ccccc1-c1ccccc1-c1nnnn1-c1ccccc1OC(F)F.FC(F)Oc1ccccc1-n1nnnc1-c1ccccc1I. The minimum atomic E-state index is -2.96. The lowest BCUT2D eigenvalue weighted by Gasteiger charge is -2.14. The van der Waals surface area contributed by atoms with Crippen molar-refractivity contribution >= 4 is 22.6 Å². The first kappa shape index (κ1) is 34.9. The predicted octanol–water partition coefficient (Wildman–Crippen LogP) is 8.14. The summed E-state index contributed by atoms with van der Waals surface area (Å²) in [5.74, 6) is 1.52. The second-order valence-electron chi connectivity index (χ2n) is 10.2. The zero-order valence-electron chi connectivity index (χ0n) is 26.4. The highest BCUT2D eigenvalue weighted by atomic mass is 127. The zero-order valence-corrected chi connectivity index (χ0v) is 28.6. The van der Waals surface area contributed by atoms with E-state index in [0.717, 1.165) is 20.3 Å². The first-order chi connectivity index (χ1) is 24.9. The number of benzene rings is 5. The van der Waals surface area contributed by atoms with Crippen LogP contribution in [0.25, 0.3) is 45.3 Å². The molecule has 0 unspecified atom stereocenters. The predicted molar refractivity (Wildman–Crippen MR) is 187 cm³/mol. The minimum absolute atomic E-state index is 0.0111. The Balaban J connectivity index is 0.000000183. The quantitative estimate of drug-likeness (QED) is 0.0998. The fourth-order valence-electron chi connectivity index (χ4n) is 5.11. The van der Waals surface area contributed by atoms with Crippen LogP contribution in [0.5, 0.6) is 17.2 Å². The van der Waals surface area contributed by atoms with Gasteiger partial charge in [-0.3, -0.25) is 0 Å². The molecule has 2 aromatic heterocycles. The van der Waals surface area contributed by atoms with Gasteiger partial charge in [0.05, 0.1) is 7.11 Å². The van der Waals surface area contributed by atoms with Crippen LogP contribution in [-0.4, -0.2) is 60.7 Å². The molecule has 7 aromatic rings. The van der Waals surface area contributed by atoms with Crippen molar-refractivity contribution in [2.24, 2.45) is 0 Å². The van der Waals surface area contributed by atoms with Crippen LogP contribution < -0.4 is 14.2 Å². The summed E-state index contributed by atoms with van der Waals surface area (Å²) < 4.78 is 69.1. The van der Waals surface area contributed by atoms with Gasteiger partial charge in [-0.05, 0) is 85.4 Å². The van der Waals surface area contributed by atoms with Gasteiger partial charge in [0.1, 0.15) is 17.1 Å². The van der Waals surface area contributed by atoms with E-state index in [9.17, 15) is 17.6 Å². The number of hydrogen-bond donors (Lipinski definition) is 0. The Morgan fingerprint density at radius 1 is 0.510 bits per heavy atom. The molecule has 2 heterocycles. The molecule has 0 amide bonds. The maximum atomic E-state index is 12.8. The fraction of sp³-hybridized carbons (Fsp3) is 0.0857. The average Bonchev–Trinajstić information content (AvgIpc) is 3.83. The van der Waals surface area contributed by atoms with Gasteiger partial charge in [0.15, 0.2) is 23.1 Å². The number of rotatable bonds is 10. The molecule has 5 aromatic carbocycles. The van der Waals surface area contributed by atoms with Gasteiger partial charge in [0.2, 0.25) is 0 Å². The zero-order chi connectivity index (χ0) is 35.7. The number of para-hydroxylation sites is 5. The Morgan fingerprint density at radius 2 is 0.922 bits per heavy atom. The first-order valence-electron chi connectivity index (χ1n) is 15.0. The first-order valence-corrected chi connectivity index (χ1v) is 16.1.